The van der Waals surface area contributed by atoms with Crippen LogP contribution in [0.2, 0.25) is 0 Å². The highest BCUT2D eigenvalue weighted by Crippen LogP contribution is 2.15. The van der Waals surface area contributed by atoms with Crippen LogP contribution < -0.4 is 5.32 Å². The summed E-state index contributed by atoms with van der Waals surface area (Å²) in [5.41, 5.74) is 0.474. The highest BCUT2D eigenvalue weighted by Gasteiger charge is 2.15. The van der Waals surface area contributed by atoms with E-state index in [4.69, 9.17) is 9.52 Å². The summed E-state index contributed by atoms with van der Waals surface area (Å²) in [4.78, 5) is 11.4. The molecule has 1 aromatic rings. The van der Waals surface area contributed by atoms with Crippen LogP contribution in [0.3, 0.4) is 0 Å². The Bertz CT molecular complexity index is 400. The molecule has 0 radical (unpaired) electrons. The number of methoxy groups -OCH3 is 1. The van der Waals surface area contributed by atoms with Crippen LogP contribution >= 0.6 is 0 Å². The number of furan rings is 1. The molecule has 19 heavy (non-hydrogen) atoms. The van der Waals surface area contributed by atoms with Gasteiger partial charge in [0.15, 0.2) is 0 Å². The van der Waals surface area contributed by atoms with Crippen LogP contribution in [-0.4, -0.2) is 31.3 Å². The van der Waals surface area contributed by atoms with Gasteiger partial charge in [0.25, 0.3) is 0 Å². The lowest BCUT2D eigenvalue weighted by Gasteiger charge is -2.13. The Morgan fingerprint density at radius 3 is 2.89 bits per heavy atom. The Hall–Kier alpha value is -1.33. The number of carbonyl (C=O) groups excluding carboxylic acids is 1. The van der Waals surface area contributed by atoms with Crippen molar-refractivity contribution >= 4 is 5.97 Å². The second-order valence-corrected chi connectivity index (χ2v) is 4.59. The molecule has 0 aliphatic rings. The molecule has 1 rings (SSSR count). The maximum atomic E-state index is 11.4. The van der Waals surface area contributed by atoms with Crippen molar-refractivity contribution in [1.29, 1.82) is 0 Å². The van der Waals surface area contributed by atoms with Gasteiger partial charge in [-0.15, -0.1) is 0 Å². The first-order chi connectivity index (χ1) is 9.12. The summed E-state index contributed by atoms with van der Waals surface area (Å²) in [6.45, 7) is 5.46. The first-order valence-electron chi connectivity index (χ1n) is 6.61. The Morgan fingerprint density at radius 2 is 2.32 bits per heavy atom. The first kappa shape index (κ1) is 15.7. The molecule has 0 spiro atoms. The van der Waals surface area contributed by atoms with Gasteiger partial charge in [0.1, 0.15) is 17.1 Å². The summed E-state index contributed by atoms with van der Waals surface area (Å²) in [5, 5.41) is 12.2. The molecule has 1 atom stereocenters. The molecule has 5 nitrogen and oxygen atoms in total. The molecular weight excluding hydrogens is 246 g/mol. The number of aliphatic hydroxyl groups is 1. The summed E-state index contributed by atoms with van der Waals surface area (Å²) in [7, 11) is 1.35. The van der Waals surface area contributed by atoms with Crippen molar-refractivity contribution in [2.45, 2.75) is 33.2 Å². The predicted octanol–water partition coefficient (Wildman–Crippen LogP) is 1.87. The minimum absolute atomic E-state index is 0.215. The Labute approximate surface area is 113 Å². The van der Waals surface area contributed by atoms with Gasteiger partial charge < -0.3 is 19.6 Å². The maximum absolute atomic E-state index is 11.4. The quantitative estimate of drug-likeness (QED) is 0.705. The van der Waals surface area contributed by atoms with Gasteiger partial charge in [0.2, 0.25) is 0 Å². The van der Waals surface area contributed by atoms with Crippen molar-refractivity contribution < 1.29 is 19.1 Å². The molecule has 0 aliphatic carbocycles. The maximum Gasteiger partial charge on any atom is 0.341 e. The van der Waals surface area contributed by atoms with Crippen LogP contribution in [0.25, 0.3) is 0 Å². The summed E-state index contributed by atoms with van der Waals surface area (Å²) in [6, 6.07) is 1.71. The molecule has 1 unspecified atom stereocenters. The smallest absolute Gasteiger partial charge is 0.341 e. The minimum atomic E-state index is -0.376. The number of esters is 1. The summed E-state index contributed by atoms with van der Waals surface area (Å²) >= 11 is 0. The van der Waals surface area contributed by atoms with Gasteiger partial charge in [-0.05, 0) is 31.9 Å². The zero-order valence-electron chi connectivity index (χ0n) is 11.9. The number of aliphatic hydroxyl groups excluding tert-OH is 1. The third kappa shape index (κ3) is 4.69. The second-order valence-electron chi connectivity index (χ2n) is 4.59. The number of nitrogens with one attached hydrogen (secondary N) is 1. The minimum Gasteiger partial charge on any atom is -0.465 e. The topological polar surface area (TPSA) is 71.7 Å². The molecule has 5 heteroatoms. The first-order valence-corrected chi connectivity index (χ1v) is 6.61. The Morgan fingerprint density at radius 1 is 1.58 bits per heavy atom. The molecule has 1 aromatic heterocycles. The fourth-order valence-electron chi connectivity index (χ4n) is 1.98. The molecule has 0 aliphatic heterocycles. The summed E-state index contributed by atoms with van der Waals surface area (Å²) in [6.07, 6.45) is 1.83. The van der Waals surface area contributed by atoms with Gasteiger partial charge in [0, 0.05) is 6.61 Å². The van der Waals surface area contributed by atoms with Gasteiger partial charge in [-0.25, -0.2) is 4.79 Å². The molecule has 0 saturated heterocycles. The zero-order chi connectivity index (χ0) is 14.3. The van der Waals surface area contributed by atoms with Crippen LogP contribution in [0.15, 0.2) is 10.5 Å². The van der Waals surface area contributed by atoms with Crippen LogP contribution in [-0.2, 0) is 11.3 Å². The molecule has 0 saturated carbocycles. The molecule has 0 amide bonds. The predicted molar refractivity (Wildman–Crippen MR) is 72.0 cm³/mol. The van der Waals surface area contributed by atoms with E-state index in [0.717, 1.165) is 25.1 Å². The SMILES string of the molecule is CCC(CCO)CNCc1cc(C(=O)OC)c(C)o1. The van der Waals surface area contributed by atoms with E-state index >= 15 is 0 Å². The van der Waals surface area contributed by atoms with Gasteiger partial charge in [-0.2, -0.15) is 0 Å². The summed E-state index contributed by atoms with van der Waals surface area (Å²) in [5.74, 6) is 1.38. The Kier molecular flexibility index (Phi) is 6.59. The average molecular weight is 269 g/mol. The number of hydrogen-bond acceptors (Lipinski definition) is 5. The molecule has 0 aromatic carbocycles. The number of ether oxygens (including phenoxy) is 1. The van der Waals surface area contributed by atoms with Crippen molar-refractivity contribution in [1.82, 2.24) is 5.32 Å². The van der Waals surface area contributed by atoms with E-state index < -0.39 is 0 Å². The molecule has 108 valence electrons. The van der Waals surface area contributed by atoms with E-state index in [9.17, 15) is 4.79 Å². The molecule has 0 bridgehead atoms. The normalized spacial score (nSPS) is 12.4. The van der Waals surface area contributed by atoms with E-state index in [-0.39, 0.29) is 12.6 Å². The molecular formula is C14H23NO4. The highest BCUT2D eigenvalue weighted by molar-refractivity contribution is 5.90. The molecule has 2 N–H and O–H groups in total. The number of carbonyl (C=O) groups is 1. The number of hydrogen-bond donors (Lipinski definition) is 2. The van der Waals surface area contributed by atoms with E-state index in [2.05, 4.69) is 17.0 Å². The van der Waals surface area contributed by atoms with Crippen molar-refractivity contribution in [2.24, 2.45) is 5.92 Å². The monoisotopic (exact) mass is 269 g/mol. The van der Waals surface area contributed by atoms with Crippen LogP contribution in [0.4, 0.5) is 0 Å². The zero-order valence-corrected chi connectivity index (χ0v) is 11.9. The largest absolute Gasteiger partial charge is 0.465 e. The van der Waals surface area contributed by atoms with Crippen molar-refractivity contribution in [2.75, 3.05) is 20.3 Å². The average Bonchev–Trinajstić information content (AvgIpc) is 2.78. The fraction of sp³-hybridized carbons (Fsp3) is 0.643. The van der Waals surface area contributed by atoms with Crippen LogP contribution in [0.5, 0.6) is 0 Å². The third-order valence-electron chi connectivity index (χ3n) is 3.22. The lowest BCUT2D eigenvalue weighted by atomic mass is 10.0. The lowest BCUT2D eigenvalue weighted by molar-refractivity contribution is 0.0599. The van der Waals surface area contributed by atoms with Crippen molar-refractivity contribution in [3.63, 3.8) is 0 Å². The van der Waals surface area contributed by atoms with Crippen molar-refractivity contribution in [3.8, 4) is 0 Å². The highest BCUT2D eigenvalue weighted by atomic mass is 16.5. The summed E-state index contributed by atoms with van der Waals surface area (Å²) < 4.78 is 10.2. The second kappa shape index (κ2) is 7.96. The lowest BCUT2D eigenvalue weighted by Crippen LogP contribution is -2.22. The Balaban J connectivity index is 2.47. The van der Waals surface area contributed by atoms with Gasteiger partial charge >= 0.3 is 5.97 Å². The molecule has 1 heterocycles. The number of aryl methyl sites for hydroxylation is 1. The van der Waals surface area contributed by atoms with Gasteiger partial charge in [-0.1, -0.05) is 13.3 Å². The fourth-order valence-corrected chi connectivity index (χ4v) is 1.98. The molecule has 0 fully saturated rings. The van der Waals surface area contributed by atoms with E-state index in [1.807, 2.05) is 0 Å². The van der Waals surface area contributed by atoms with Gasteiger partial charge in [-0.3, -0.25) is 0 Å². The van der Waals surface area contributed by atoms with Crippen molar-refractivity contribution in [3.05, 3.63) is 23.2 Å². The van der Waals surface area contributed by atoms with E-state index in [1.54, 1.807) is 13.0 Å². The van der Waals surface area contributed by atoms with E-state index in [1.165, 1.54) is 7.11 Å². The standard InChI is InChI=1S/C14H23NO4/c1-4-11(5-6-16)8-15-9-12-7-13(10(2)19-12)14(17)18-3/h7,11,15-16H,4-6,8-9H2,1-3H3. The van der Waals surface area contributed by atoms with Crippen LogP contribution in [0, 0.1) is 12.8 Å². The van der Waals surface area contributed by atoms with E-state index in [0.29, 0.717) is 23.8 Å². The van der Waals surface area contributed by atoms with Crippen LogP contribution in [0.1, 0.15) is 41.6 Å². The number of rotatable bonds is 8. The third-order valence-corrected chi connectivity index (χ3v) is 3.22. The van der Waals surface area contributed by atoms with Gasteiger partial charge in [0.05, 0.1) is 13.7 Å².